The molecular formula is C20H27ClN4O2. The van der Waals surface area contributed by atoms with Crippen molar-refractivity contribution in [2.24, 2.45) is 0 Å². The Labute approximate surface area is 164 Å². The van der Waals surface area contributed by atoms with Gasteiger partial charge in [0.15, 0.2) is 5.65 Å². The molecule has 1 saturated heterocycles. The van der Waals surface area contributed by atoms with E-state index in [4.69, 9.17) is 26.4 Å². The third-order valence-corrected chi connectivity index (χ3v) is 5.69. The summed E-state index contributed by atoms with van der Waals surface area (Å²) in [5.41, 5.74) is 3.32. The minimum atomic E-state index is -0.512. The highest BCUT2D eigenvalue weighted by Gasteiger charge is 2.33. The van der Waals surface area contributed by atoms with Crippen molar-refractivity contribution < 1.29 is 9.53 Å². The maximum absolute atomic E-state index is 12.7. The number of ether oxygens (including phenoxy) is 1. The van der Waals surface area contributed by atoms with Gasteiger partial charge in [0.2, 0.25) is 0 Å². The first-order valence-corrected chi connectivity index (χ1v) is 10.3. The van der Waals surface area contributed by atoms with Crippen molar-refractivity contribution in [1.29, 1.82) is 0 Å². The van der Waals surface area contributed by atoms with Gasteiger partial charge in [-0.05, 0) is 65.7 Å². The molecule has 0 radical (unpaired) electrons. The summed E-state index contributed by atoms with van der Waals surface area (Å²) in [7, 11) is 0. The predicted octanol–water partition coefficient (Wildman–Crippen LogP) is 4.72. The van der Waals surface area contributed by atoms with Gasteiger partial charge in [-0.1, -0.05) is 11.6 Å². The summed E-state index contributed by atoms with van der Waals surface area (Å²) in [6.07, 6.45) is 6.87. The van der Waals surface area contributed by atoms with E-state index in [9.17, 15) is 4.79 Å². The fourth-order valence-electron chi connectivity index (χ4n) is 4.06. The molecule has 1 amide bonds. The molecule has 2 aromatic rings. The number of hydrogen-bond donors (Lipinski definition) is 0. The van der Waals surface area contributed by atoms with Crippen LogP contribution in [-0.4, -0.2) is 37.7 Å². The summed E-state index contributed by atoms with van der Waals surface area (Å²) in [5, 5.41) is 5.41. The summed E-state index contributed by atoms with van der Waals surface area (Å²) in [5.74, 6) is 0. The zero-order valence-electron chi connectivity index (χ0n) is 16.3. The Morgan fingerprint density at radius 1 is 1.22 bits per heavy atom. The molecule has 6 nitrogen and oxygen atoms in total. The van der Waals surface area contributed by atoms with E-state index >= 15 is 0 Å². The molecule has 3 heterocycles. The van der Waals surface area contributed by atoms with Gasteiger partial charge in [0, 0.05) is 23.9 Å². The van der Waals surface area contributed by atoms with E-state index in [1.807, 2.05) is 31.7 Å². The molecule has 1 unspecified atom stereocenters. The van der Waals surface area contributed by atoms with Gasteiger partial charge < -0.3 is 4.74 Å². The van der Waals surface area contributed by atoms with E-state index in [2.05, 4.69) is 0 Å². The lowest BCUT2D eigenvalue weighted by molar-refractivity contribution is 0.00898. The first-order valence-electron chi connectivity index (χ1n) is 9.90. The number of carbonyl (C=O) groups is 1. The van der Waals surface area contributed by atoms with Crippen LogP contribution >= 0.6 is 11.6 Å². The topological polar surface area (TPSA) is 59.7 Å². The van der Waals surface area contributed by atoms with Crippen LogP contribution in [0.15, 0.2) is 6.07 Å². The third-order valence-electron chi connectivity index (χ3n) is 5.30. The van der Waals surface area contributed by atoms with Crippen LogP contribution < -0.4 is 0 Å². The number of rotatable bonds is 1. The molecule has 146 valence electrons. The number of piperidine rings is 1. The third kappa shape index (κ3) is 3.64. The van der Waals surface area contributed by atoms with Crippen molar-refractivity contribution in [2.75, 3.05) is 6.54 Å². The molecule has 1 aliphatic heterocycles. The summed E-state index contributed by atoms with van der Waals surface area (Å²) in [6, 6.07) is 1.89. The summed E-state index contributed by atoms with van der Waals surface area (Å²) in [4.78, 5) is 19.3. The van der Waals surface area contributed by atoms with Crippen molar-refractivity contribution in [1.82, 2.24) is 19.5 Å². The van der Waals surface area contributed by atoms with Crippen LogP contribution in [0.4, 0.5) is 4.79 Å². The van der Waals surface area contributed by atoms with Gasteiger partial charge in [-0.15, -0.1) is 0 Å². The second-order valence-electron chi connectivity index (χ2n) is 8.56. The number of nitrogens with zero attached hydrogens (tertiary/aromatic N) is 4. The average molecular weight is 391 g/mol. The SMILES string of the molecule is CC(C)(C)OC(=O)N1CCCCC1c1cc2nc3c(c(Cl)n2n1)CCCC3. The summed E-state index contributed by atoms with van der Waals surface area (Å²) >= 11 is 6.65. The maximum Gasteiger partial charge on any atom is 0.410 e. The zero-order chi connectivity index (χ0) is 19.2. The number of carbonyl (C=O) groups excluding carboxylic acids is 1. The lowest BCUT2D eigenvalue weighted by Crippen LogP contribution is -2.42. The number of aromatic nitrogens is 3. The molecule has 2 aromatic heterocycles. The van der Waals surface area contributed by atoms with Crippen molar-refractivity contribution in [3.05, 3.63) is 28.2 Å². The van der Waals surface area contributed by atoms with Crippen LogP contribution in [-0.2, 0) is 17.6 Å². The van der Waals surface area contributed by atoms with Crippen molar-refractivity contribution in [3.63, 3.8) is 0 Å². The normalized spacial score (nSPS) is 20.6. The number of aryl methyl sites for hydroxylation is 1. The van der Waals surface area contributed by atoms with E-state index in [1.165, 1.54) is 0 Å². The number of halogens is 1. The Morgan fingerprint density at radius 3 is 2.78 bits per heavy atom. The zero-order valence-corrected chi connectivity index (χ0v) is 17.1. The molecule has 7 heteroatoms. The molecule has 0 spiro atoms. The van der Waals surface area contributed by atoms with Crippen LogP contribution in [0.25, 0.3) is 5.65 Å². The molecule has 1 atom stereocenters. The molecular weight excluding hydrogens is 364 g/mol. The van der Waals surface area contributed by atoms with Crippen LogP contribution in [0, 0.1) is 0 Å². The Balaban J connectivity index is 1.69. The lowest BCUT2D eigenvalue weighted by atomic mass is 9.97. The number of fused-ring (bicyclic) bond motifs is 2. The van der Waals surface area contributed by atoms with Gasteiger partial charge in [-0.3, -0.25) is 4.90 Å². The van der Waals surface area contributed by atoms with Gasteiger partial charge in [0.1, 0.15) is 10.8 Å². The fraction of sp³-hybridized carbons (Fsp3) is 0.650. The monoisotopic (exact) mass is 390 g/mol. The van der Waals surface area contributed by atoms with Gasteiger partial charge in [0.25, 0.3) is 0 Å². The second kappa shape index (κ2) is 6.97. The molecule has 0 aromatic carbocycles. The largest absolute Gasteiger partial charge is 0.444 e. The van der Waals surface area contributed by atoms with E-state index in [0.29, 0.717) is 11.7 Å². The van der Waals surface area contributed by atoms with Crippen LogP contribution in [0.2, 0.25) is 5.15 Å². The van der Waals surface area contributed by atoms with E-state index < -0.39 is 5.60 Å². The maximum atomic E-state index is 12.7. The quantitative estimate of drug-likeness (QED) is 0.661. The number of amides is 1. The highest BCUT2D eigenvalue weighted by atomic mass is 35.5. The highest BCUT2D eigenvalue weighted by molar-refractivity contribution is 6.30. The first-order chi connectivity index (χ1) is 12.8. The fourth-order valence-corrected chi connectivity index (χ4v) is 4.38. The van der Waals surface area contributed by atoms with E-state index in [0.717, 1.165) is 67.5 Å². The Hall–Kier alpha value is -1.82. The summed E-state index contributed by atoms with van der Waals surface area (Å²) in [6.45, 7) is 6.36. The predicted molar refractivity (Wildman–Crippen MR) is 104 cm³/mol. The Bertz CT molecular complexity index is 871. The van der Waals surface area contributed by atoms with Crippen molar-refractivity contribution in [2.45, 2.75) is 77.4 Å². The molecule has 4 rings (SSSR count). The Kier molecular flexibility index (Phi) is 4.78. The molecule has 0 saturated carbocycles. The molecule has 27 heavy (non-hydrogen) atoms. The van der Waals surface area contributed by atoms with Gasteiger partial charge in [-0.25, -0.2) is 14.3 Å². The minimum Gasteiger partial charge on any atom is -0.444 e. The number of likely N-dealkylation sites (tertiary alicyclic amines) is 1. The molecule has 1 aliphatic carbocycles. The second-order valence-corrected chi connectivity index (χ2v) is 8.92. The highest BCUT2D eigenvalue weighted by Crippen LogP contribution is 2.34. The van der Waals surface area contributed by atoms with E-state index in [-0.39, 0.29) is 12.1 Å². The van der Waals surface area contributed by atoms with Gasteiger partial charge in [-0.2, -0.15) is 5.10 Å². The molecule has 1 fully saturated rings. The number of hydrogen-bond acceptors (Lipinski definition) is 4. The Morgan fingerprint density at radius 2 is 2.00 bits per heavy atom. The van der Waals surface area contributed by atoms with Gasteiger partial charge >= 0.3 is 6.09 Å². The molecule has 0 N–H and O–H groups in total. The standard InChI is InChI=1S/C20H27ClN4O2/c1-20(2,3)27-19(26)24-11-7-6-10-16(24)15-12-17-22-14-9-5-4-8-13(14)18(21)25(17)23-15/h12,16H,4-11H2,1-3H3. The first kappa shape index (κ1) is 18.5. The van der Waals surface area contributed by atoms with Crippen LogP contribution in [0.5, 0.6) is 0 Å². The molecule has 2 aliphatic rings. The minimum absolute atomic E-state index is 0.0941. The van der Waals surface area contributed by atoms with Crippen LogP contribution in [0.1, 0.15) is 75.9 Å². The smallest absolute Gasteiger partial charge is 0.410 e. The summed E-state index contributed by atoms with van der Waals surface area (Å²) < 4.78 is 7.36. The van der Waals surface area contributed by atoms with Gasteiger partial charge in [0.05, 0.1) is 11.7 Å². The average Bonchev–Trinajstić information content (AvgIpc) is 3.05. The van der Waals surface area contributed by atoms with Crippen molar-refractivity contribution >= 4 is 23.3 Å². The van der Waals surface area contributed by atoms with E-state index in [1.54, 1.807) is 4.52 Å². The van der Waals surface area contributed by atoms with Crippen molar-refractivity contribution in [3.8, 4) is 0 Å². The lowest BCUT2D eigenvalue weighted by Gasteiger charge is -2.35. The molecule has 0 bridgehead atoms. The van der Waals surface area contributed by atoms with Crippen LogP contribution in [0.3, 0.4) is 0 Å².